The monoisotopic (exact) mass is 489 g/mol. The van der Waals surface area contributed by atoms with Gasteiger partial charge in [-0.1, -0.05) is 60.7 Å². The van der Waals surface area contributed by atoms with Crippen LogP contribution < -0.4 is 5.32 Å². The van der Waals surface area contributed by atoms with Crippen LogP contribution in [0.3, 0.4) is 0 Å². The zero-order valence-corrected chi connectivity index (χ0v) is 17.4. The van der Waals surface area contributed by atoms with Crippen molar-refractivity contribution in [2.75, 3.05) is 5.32 Å². The Morgan fingerprint density at radius 2 is 1.55 bits per heavy atom. The molecule has 158 valence electrons. The molecule has 2 heterocycles. The van der Waals surface area contributed by atoms with Crippen molar-refractivity contribution < 1.29 is 18.0 Å². The van der Waals surface area contributed by atoms with E-state index in [9.17, 15) is 18.0 Å². The van der Waals surface area contributed by atoms with Gasteiger partial charge >= 0.3 is 11.8 Å². The Kier molecular flexibility index (Phi) is 5.48. The molecule has 0 spiro atoms. The van der Waals surface area contributed by atoms with Gasteiger partial charge < -0.3 is 5.32 Å². The Morgan fingerprint density at radius 1 is 0.968 bits per heavy atom. The molecule has 1 N–H and O–H groups in total. The zero-order valence-electron chi connectivity index (χ0n) is 15.8. The Balaban J connectivity index is 1.83. The number of aromatic nitrogens is 2. The van der Waals surface area contributed by atoms with E-state index in [1.807, 2.05) is 0 Å². The van der Waals surface area contributed by atoms with Gasteiger partial charge in [0.2, 0.25) is 5.95 Å². The van der Waals surface area contributed by atoms with Gasteiger partial charge in [0.25, 0.3) is 5.91 Å². The van der Waals surface area contributed by atoms with Crippen LogP contribution in [0.2, 0.25) is 0 Å². The van der Waals surface area contributed by atoms with Crippen molar-refractivity contribution in [3.8, 4) is 0 Å². The number of hydrogen-bond acceptors (Lipinski definition) is 5. The number of alkyl halides is 3. The van der Waals surface area contributed by atoms with Crippen LogP contribution in [0.5, 0.6) is 0 Å². The van der Waals surface area contributed by atoms with Crippen LogP contribution in [0.25, 0.3) is 0 Å². The number of amides is 1. The lowest BCUT2D eigenvalue weighted by Gasteiger charge is -2.29. The van der Waals surface area contributed by atoms with Crippen LogP contribution in [0, 0.1) is 0 Å². The van der Waals surface area contributed by atoms with Gasteiger partial charge in [-0.15, -0.1) is 0 Å². The zero-order chi connectivity index (χ0) is 22.1. The number of amidine groups is 1. The number of carbonyl (C=O) groups is 1. The molecule has 0 saturated carbocycles. The number of benzene rings is 2. The number of anilines is 1. The third-order valence-electron chi connectivity index (χ3n) is 4.62. The van der Waals surface area contributed by atoms with Crippen molar-refractivity contribution in [2.24, 2.45) is 4.99 Å². The molecule has 1 amide bonds. The lowest BCUT2D eigenvalue weighted by Crippen LogP contribution is -2.58. The molecule has 1 aliphatic heterocycles. The highest BCUT2D eigenvalue weighted by Gasteiger charge is 2.66. The molecule has 1 atom stereocenters. The average Bonchev–Trinajstić information content (AvgIpc) is 3.04. The van der Waals surface area contributed by atoms with Crippen molar-refractivity contribution >= 4 is 33.6 Å². The van der Waals surface area contributed by atoms with Crippen LogP contribution in [0.1, 0.15) is 11.1 Å². The van der Waals surface area contributed by atoms with Crippen molar-refractivity contribution in [2.45, 2.75) is 18.4 Å². The predicted octanol–water partition coefficient (Wildman–Crippen LogP) is 4.40. The number of carbonyl (C=O) groups excluding carboxylic acids is 1. The fraction of sp³-hybridized carbons (Fsp3) is 0.143. The highest BCUT2D eigenvalue weighted by molar-refractivity contribution is 9.10. The molecule has 1 aromatic heterocycles. The second kappa shape index (κ2) is 8.10. The second-order valence-electron chi connectivity index (χ2n) is 6.74. The minimum Gasteiger partial charge on any atom is -0.314 e. The smallest absolute Gasteiger partial charge is 0.314 e. The van der Waals surface area contributed by atoms with E-state index in [2.05, 4.69) is 36.2 Å². The van der Waals surface area contributed by atoms with Crippen molar-refractivity contribution in [3.63, 3.8) is 0 Å². The molecule has 0 unspecified atom stereocenters. The molecule has 4 rings (SSSR count). The summed E-state index contributed by atoms with van der Waals surface area (Å²) in [6, 6.07) is 17.0. The first kappa shape index (κ1) is 21.0. The van der Waals surface area contributed by atoms with E-state index in [1.54, 1.807) is 60.7 Å². The fourth-order valence-corrected chi connectivity index (χ4v) is 3.36. The number of hydrogen-bond donors (Lipinski definition) is 1. The van der Waals surface area contributed by atoms with Crippen molar-refractivity contribution in [1.29, 1.82) is 0 Å². The van der Waals surface area contributed by atoms with E-state index < -0.39 is 17.7 Å². The van der Waals surface area contributed by atoms with E-state index in [0.29, 0.717) is 15.6 Å². The van der Waals surface area contributed by atoms with Crippen LogP contribution in [0.15, 0.2) is 82.5 Å². The van der Waals surface area contributed by atoms with Gasteiger partial charge in [0.05, 0.1) is 11.0 Å². The van der Waals surface area contributed by atoms with Gasteiger partial charge in [0, 0.05) is 18.0 Å². The molecule has 0 fully saturated rings. The topological polar surface area (TPSA) is 70.5 Å². The molecule has 1 aliphatic rings. The molecular formula is C21H15BrF3N5O. The summed E-state index contributed by atoms with van der Waals surface area (Å²) in [6.45, 7) is -0.0753. The van der Waals surface area contributed by atoms with Gasteiger partial charge in [0.15, 0.2) is 0 Å². The summed E-state index contributed by atoms with van der Waals surface area (Å²) in [7, 11) is 0. The molecule has 3 aromatic rings. The average molecular weight is 490 g/mol. The molecule has 0 saturated heterocycles. The lowest BCUT2D eigenvalue weighted by molar-refractivity contribution is -0.185. The summed E-state index contributed by atoms with van der Waals surface area (Å²) < 4.78 is 43.5. The van der Waals surface area contributed by atoms with Gasteiger partial charge in [-0.05, 0) is 21.5 Å². The Morgan fingerprint density at radius 3 is 2.13 bits per heavy atom. The highest BCUT2D eigenvalue weighted by Crippen LogP contribution is 2.40. The maximum Gasteiger partial charge on any atom is 0.442 e. The third kappa shape index (κ3) is 4.02. The summed E-state index contributed by atoms with van der Waals surface area (Å²) in [4.78, 5) is 25.9. The lowest BCUT2D eigenvalue weighted by atomic mass is 10.1. The van der Waals surface area contributed by atoms with Gasteiger partial charge in [-0.25, -0.2) is 15.0 Å². The van der Waals surface area contributed by atoms with Crippen LogP contribution >= 0.6 is 15.9 Å². The van der Waals surface area contributed by atoms with E-state index in [4.69, 9.17) is 0 Å². The number of nitrogens with zero attached hydrogens (tertiary/aromatic N) is 4. The number of rotatable bonds is 5. The molecular weight excluding hydrogens is 475 g/mol. The molecule has 31 heavy (non-hydrogen) atoms. The maximum atomic E-state index is 14.4. The van der Waals surface area contributed by atoms with E-state index in [1.165, 1.54) is 12.4 Å². The first-order chi connectivity index (χ1) is 14.8. The maximum absolute atomic E-state index is 14.4. The Hall–Kier alpha value is -3.27. The van der Waals surface area contributed by atoms with Crippen LogP contribution in [-0.2, 0) is 11.3 Å². The SMILES string of the molecule is O=C1N(Cc2ccccc2)C(c2ccccc2)=N[C@]1(Nc1ncc(Br)cn1)C(F)(F)F. The van der Waals surface area contributed by atoms with E-state index >= 15 is 0 Å². The second-order valence-corrected chi connectivity index (χ2v) is 7.65. The summed E-state index contributed by atoms with van der Waals surface area (Å²) >= 11 is 3.13. The number of nitrogens with one attached hydrogen (secondary N) is 1. The fourth-order valence-electron chi connectivity index (χ4n) is 3.15. The summed E-state index contributed by atoms with van der Waals surface area (Å²) in [6.07, 6.45) is -2.49. The van der Waals surface area contributed by atoms with E-state index in [-0.39, 0.29) is 18.3 Å². The van der Waals surface area contributed by atoms with Gasteiger partial charge in [-0.2, -0.15) is 13.2 Å². The standard InChI is InChI=1S/C21H15BrF3N5O/c22-16-11-26-19(27-12-16)29-20(21(23,24)25)18(31)30(13-14-7-3-1-4-8-14)17(28-20)15-9-5-2-6-10-15/h1-12H,13H2,(H,26,27,29)/t20-/m1/s1. The van der Waals surface area contributed by atoms with Gasteiger partial charge in [-0.3, -0.25) is 9.69 Å². The third-order valence-corrected chi connectivity index (χ3v) is 5.03. The Labute approximate surface area is 184 Å². The molecule has 10 heteroatoms. The largest absolute Gasteiger partial charge is 0.442 e. The quantitative estimate of drug-likeness (QED) is 0.576. The molecule has 0 aliphatic carbocycles. The summed E-state index contributed by atoms with van der Waals surface area (Å²) in [5.74, 6) is -1.71. The first-order valence-corrected chi connectivity index (χ1v) is 9.93. The normalized spacial score (nSPS) is 18.8. The van der Waals surface area contributed by atoms with Crippen molar-refractivity contribution in [3.05, 3.63) is 88.7 Å². The first-order valence-electron chi connectivity index (χ1n) is 9.14. The highest BCUT2D eigenvalue weighted by atomic mass is 79.9. The number of aliphatic imine (C=N–C) groups is 1. The van der Waals surface area contributed by atoms with E-state index in [0.717, 1.165) is 4.90 Å². The number of halogens is 4. The predicted molar refractivity (Wildman–Crippen MR) is 112 cm³/mol. The molecule has 6 nitrogen and oxygen atoms in total. The Bertz CT molecular complexity index is 1110. The molecule has 0 radical (unpaired) electrons. The summed E-state index contributed by atoms with van der Waals surface area (Å²) in [5.41, 5.74) is -2.20. The van der Waals surface area contributed by atoms with Crippen LogP contribution in [0.4, 0.5) is 19.1 Å². The molecule has 2 aromatic carbocycles. The van der Waals surface area contributed by atoms with Gasteiger partial charge in [0.1, 0.15) is 5.84 Å². The minimum absolute atomic E-state index is 0.0753. The molecule has 0 bridgehead atoms. The van der Waals surface area contributed by atoms with Crippen molar-refractivity contribution in [1.82, 2.24) is 14.9 Å². The minimum atomic E-state index is -5.05. The van der Waals surface area contributed by atoms with Crippen LogP contribution in [-0.4, -0.2) is 38.4 Å². The summed E-state index contributed by atoms with van der Waals surface area (Å²) in [5, 5.41) is 2.14.